The molecule has 0 aromatic heterocycles. The van der Waals surface area contributed by atoms with Crippen LogP contribution >= 0.6 is 0 Å². The van der Waals surface area contributed by atoms with Gasteiger partial charge in [0.05, 0.1) is 12.6 Å². The summed E-state index contributed by atoms with van der Waals surface area (Å²) in [6.07, 6.45) is 0. The highest BCUT2D eigenvalue weighted by molar-refractivity contribution is 5.89. The van der Waals surface area contributed by atoms with E-state index in [9.17, 15) is 9.18 Å². The van der Waals surface area contributed by atoms with Crippen molar-refractivity contribution in [3.63, 3.8) is 0 Å². The van der Waals surface area contributed by atoms with Gasteiger partial charge >= 0.3 is 6.03 Å². The number of rotatable bonds is 3. The molecule has 0 unspecified atom stereocenters. The number of aliphatic hydroxyl groups excluding tert-OH is 1. The van der Waals surface area contributed by atoms with Crippen molar-refractivity contribution >= 4 is 11.7 Å². The van der Waals surface area contributed by atoms with Gasteiger partial charge in [-0.3, -0.25) is 0 Å². The number of carbonyl (C=O) groups excluding carboxylic acids is 1. The van der Waals surface area contributed by atoms with Gasteiger partial charge in [0.15, 0.2) is 0 Å². The van der Waals surface area contributed by atoms with Crippen LogP contribution in [0.15, 0.2) is 24.3 Å². The maximum absolute atomic E-state index is 12.5. The Balaban J connectivity index is 2.48. The van der Waals surface area contributed by atoms with Crippen molar-refractivity contribution < 1.29 is 14.3 Å². The first kappa shape index (κ1) is 11.5. The highest BCUT2D eigenvalue weighted by atomic mass is 19.1. The summed E-state index contributed by atoms with van der Waals surface area (Å²) >= 11 is 0. The fourth-order valence-corrected chi connectivity index (χ4v) is 0.970. The average Bonchev–Trinajstić information content (AvgIpc) is 2.21. The Bertz CT molecular complexity index is 327. The Hall–Kier alpha value is -1.62. The van der Waals surface area contributed by atoms with Crippen LogP contribution < -0.4 is 10.6 Å². The second kappa shape index (κ2) is 5.31. The third kappa shape index (κ3) is 3.95. The average molecular weight is 212 g/mol. The Morgan fingerprint density at radius 2 is 2.07 bits per heavy atom. The number of urea groups is 1. The lowest BCUT2D eigenvalue weighted by atomic mass is 10.3. The molecular formula is C10H13FN2O2. The van der Waals surface area contributed by atoms with E-state index >= 15 is 0 Å². The topological polar surface area (TPSA) is 61.4 Å². The van der Waals surface area contributed by atoms with E-state index in [-0.39, 0.29) is 18.5 Å². The van der Waals surface area contributed by atoms with Crippen LogP contribution in [0.1, 0.15) is 6.92 Å². The summed E-state index contributed by atoms with van der Waals surface area (Å²) in [5.74, 6) is -0.357. The SMILES string of the molecule is C[C@@H](CO)NC(=O)Nc1ccc(F)cc1. The predicted octanol–water partition coefficient (Wildman–Crippen LogP) is 1.33. The summed E-state index contributed by atoms with van der Waals surface area (Å²) in [4.78, 5) is 11.2. The normalized spacial score (nSPS) is 11.9. The Labute approximate surface area is 87.1 Å². The standard InChI is InChI=1S/C10H13FN2O2/c1-7(6-14)12-10(15)13-9-4-2-8(11)3-5-9/h2-5,7,14H,6H2,1H3,(H2,12,13,15)/t7-/m0/s1. The lowest BCUT2D eigenvalue weighted by Gasteiger charge is -2.11. The summed E-state index contributed by atoms with van der Waals surface area (Å²) in [5.41, 5.74) is 0.499. The molecular weight excluding hydrogens is 199 g/mol. The zero-order chi connectivity index (χ0) is 11.3. The first-order valence-corrected chi connectivity index (χ1v) is 4.55. The maximum atomic E-state index is 12.5. The molecule has 4 nitrogen and oxygen atoms in total. The van der Waals surface area contributed by atoms with Crippen LogP contribution in [0.4, 0.5) is 14.9 Å². The molecule has 1 aromatic rings. The molecule has 0 saturated carbocycles. The quantitative estimate of drug-likeness (QED) is 0.707. The minimum absolute atomic E-state index is 0.128. The molecule has 0 radical (unpaired) electrons. The summed E-state index contributed by atoms with van der Waals surface area (Å²) in [6, 6.07) is 4.68. The van der Waals surface area contributed by atoms with Crippen LogP contribution in [-0.4, -0.2) is 23.8 Å². The summed E-state index contributed by atoms with van der Waals surface area (Å²) in [5, 5.41) is 13.7. The van der Waals surface area contributed by atoms with Crippen molar-refractivity contribution in [3.8, 4) is 0 Å². The number of hydrogen-bond donors (Lipinski definition) is 3. The van der Waals surface area contributed by atoms with Crippen molar-refractivity contribution in [2.24, 2.45) is 0 Å². The molecule has 1 atom stereocenters. The van der Waals surface area contributed by atoms with Gasteiger partial charge in [0.1, 0.15) is 5.82 Å². The smallest absolute Gasteiger partial charge is 0.319 e. The van der Waals surface area contributed by atoms with Gasteiger partial charge in [0.25, 0.3) is 0 Å². The number of benzene rings is 1. The molecule has 0 heterocycles. The molecule has 0 spiro atoms. The van der Waals surface area contributed by atoms with Crippen molar-refractivity contribution in [1.82, 2.24) is 5.32 Å². The molecule has 0 aliphatic heterocycles. The molecule has 5 heteroatoms. The second-order valence-corrected chi connectivity index (χ2v) is 3.19. The number of hydrogen-bond acceptors (Lipinski definition) is 2. The molecule has 0 fully saturated rings. The van der Waals surface area contributed by atoms with Gasteiger partial charge in [-0.25, -0.2) is 9.18 Å². The predicted molar refractivity (Wildman–Crippen MR) is 55.1 cm³/mol. The first-order valence-electron chi connectivity index (χ1n) is 4.55. The monoisotopic (exact) mass is 212 g/mol. The molecule has 0 bridgehead atoms. The molecule has 0 saturated heterocycles. The number of halogens is 1. The fourth-order valence-electron chi connectivity index (χ4n) is 0.970. The van der Waals surface area contributed by atoms with E-state index in [0.29, 0.717) is 5.69 Å². The van der Waals surface area contributed by atoms with Crippen LogP contribution in [0, 0.1) is 5.82 Å². The minimum atomic E-state index is -0.428. The van der Waals surface area contributed by atoms with Crippen LogP contribution in [0.2, 0.25) is 0 Å². The van der Waals surface area contributed by atoms with Crippen LogP contribution in [-0.2, 0) is 0 Å². The molecule has 15 heavy (non-hydrogen) atoms. The Morgan fingerprint density at radius 1 is 1.47 bits per heavy atom. The van der Waals surface area contributed by atoms with Gasteiger partial charge in [0.2, 0.25) is 0 Å². The third-order valence-corrected chi connectivity index (χ3v) is 1.75. The van der Waals surface area contributed by atoms with E-state index in [1.165, 1.54) is 24.3 Å². The number of carbonyl (C=O) groups is 1. The highest BCUT2D eigenvalue weighted by Gasteiger charge is 2.05. The van der Waals surface area contributed by atoms with Gasteiger partial charge < -0.3 is 15.7 Å². The number of nitrogens with one attached hydrogen (secondary N) is 2. The largest absolute Gasteiger partial charge is 0.394 e. The first-order chi connectivity index (χ1) is 7.11. The van der Waals surface area contributed by atoms with Crippen molar-refractivity contribution in [2.75, 3.05) is 11.9 Å². The number of aliphatic hydroxyl groups is 1. The molecule has 3 N–H and O–H groups in total. The summed E-state index contributed by atoms with van der Waals surface area (Å²) in [7, 11) is 0. The number of anilines is 1. The lowest BCUT2D eigenvalue weighted by molar-refractivity contribution is 0.229. The maximum Gasteiger partial charge on any atom is 0.319 e. The van der Waals surface area contributed by atoms with E-state index in [4.69, 9.17) is 5.11 Å². The van der Waals surface area contributed by atoms with Crippen LogP contribution in [0.5, 0.6) is 0 Å². The lowest BCUT2D eigenvalue weighted by Crippen LogP contribution is -2.38. The van der Waals surface area contributed by atoms with E-state index in [0.717, 1.165) is 0 Å². The Kier molecular flexibility index (Phi) is 4.05. The van der Waals surface area contributed by atoms with Gasteiger partial charge in [-0.1, -0.05) is 0 Å². The second-order valence-electron chi connectivity index (χ2n) is 3.19. The summed E-state index contributed by atoms with van der Waals surface area (Å²) < 4.78 is 12.5. The van der Waals surface area contributed by atoms with Gasteiger partial charge in [-0.2, -0.15) is 0 Å². The molecule has 1 aromatic carbocycles. The molecule has 2 amide bonds. The van der Waals surface area contributed by atoms with E-state index in [1.807, 2.05) is 0 Å². The minimum Gasteiger partial charge on any atom is -0.394 e. The fraction of sp³-hybridized carbons (Fsp3) is 0.300. The molecule has 0 aliphatic carbocycles. The van der Waals surface area contributed by atoms with Crippen LogP contribution in [0.25, 0.3) is 0 Å². The zero-order valence-electron chi connectivity index (χ0n) is 8.33. The van der Waals surface area contributed by atoms with Gasteiger partial charge in [0, 0.05) is 5.69 Å². The number of amides is 2. The third-order valence-electron chi connectivity index (χ3n) is 1.75. The van der Waals surface area contributed by atoms with Crippen molar-refractivity contribution in [2.45, 2.75) is 13.0 Å². The van der Waals surface area contributed by atoms with Crippen LogP contribution in [0.3, 0.4) is 0 Å². The van der Waals surface area contributed by atoms with Gasteiger partial charge in [-0.15, -0.1) is 0 Å². The van der Waals surface area contributed by atoms with Crippen molar-refractivity contribution in [1.29, 1.82) is 0 Å². The summed E-state index contributed by atoms with van der Waals surface area (Å²) in [6.45, 7) is 1.54. The van der Waals surface area contributed by atoms with E-state index in [1.54, 1.807) is 6.92 Å². The molecule has 82 valence electrons. The van der Waals surface area contributed by atoms with Gasteiger partial charge in [-0.05, 0) is 31.2 Å². The van der Waals surface area contributed by atoms with Crippen molar-refractivity contribution in [3.05, 3.63) is 30.1 Å². The highest BCUT2D eigenvalue weighted by Crippen LogP contribution is 2.07. The Morgan fingerprint density at radius 3 is 2.60 bits per heavy atom. The van der Waals surface area contributed by atoms with E-state index < -0.39 is 6.03 Å². The zero-order valence-corrected chi connectivity index (χ0v) is 8.33. The molecule has 1 rings (SSSR count). The molecule has 0 aliphatic rings. The van der Waals surface area contributed by atoms with E-state index in [2.05, 4.69) is 10.6 Å².